The van der Waals surface area contributed by atoms with Gasteiger partial charge in [0.25, 0.3) is 0 Å². The average molecular weight is 320 g/mol. The molecule has 0 bridgehead atoms. The van der Waals surface area contributed by atoms with E-state index in [0.29, 0.717) is 19.7 Å². The SMILES string of the molecule is O=c1ccc2ccc(OCCCCN(CCO)CCO)cc2[nH]1. The normalized spacial score (nSPS) is 11.3. The van der Waals surface area contributed by atoms with E-state index in [2.05, 4.69) is 4.98 Å². The van der Waals surface area contributed by atoms with Crippen molar-refractivity contribution in [2.75, 3.05) is 39.5 Å². The Kier molecular flexibility index (Phi) is 7.06. The largest absolute Gasteiger partial charge is 0.494 e. The summed E-state index contributed by atoms with van der Waals surface area (Å²) >= 11 is 0. The molecule has 0 saturated carbocycles. The summed E-state index contributed by atoms with van der Waals surface area (Å²) in [7, 11) is 0. The fourth-order valence-corrected chi connectivity index (χ4v) is 2.46. The van der Waals surface area contributed by atoms with Crippen molar-refractivity contribution in [1.29, 1.82) is 0 Å². The molecule has 2 aromatic rings. The number of nitrogens with one attached hydrogen (secondary N) is 1. The van der Waals surface area contributed by atoms with E-state index in [1.54, 1.807) is 6.07 Å². The van der Waals surface area contributed by atoms with Gasteiger partial charge in [-0.1, -0.05) is 0 Å². The molecule has 0 spiro atoms. The van der Waals surface area contributed by atoms with Gasteiger partial charge in [-0.2, -0.15) is 0 Å². The minimum atomic E-state index is -0.123. The zero-order valence-electron chi connectivity index (χ0n) is 13.2. The number of rotatable bonds is 10. The van der Waals surface area contributed by atoms with Crippen LogP contribution in [0.1, 0.15) is 12.8 Å². The fraction of sp³-hybridized carbons (Fsp3) is 0.471. The molecule has 3 N–H and O–H groups in total. The molecular formula is C17H24N2O4. The number of fused-ring (bicyclic) bond motifs is 1. The monoisotopic (exact) mass is 320 g/mol. The quantitative estimate of drug-likeness (QED) is 0.568. The molecule has 6 nitrogen and oxygen atoms in total. The van der Waals surface area contributed by atoms with Gasteiger partial charge >= 0.3 is 0 Å². The number of H-pyrrole nitrogens is 1. The Bertz CT molecular complexity index is 650. The first-order valence-corrected chi connectivity index (χ1v) is 7.93. The molecule has 0 atom stereocenters. The molecule has 0 aliphatic heterocycles. The number of aromatic amines is 1. The summed E-state index contributed by atoms with van der Waals surface area (Å²) in [4.78, 5) is 16.1. The standard InChI is InChI=1S/C17H24N2O4/c20-10-8-19(9-11-21)7-1-2-12-23-15-5-3-14-4-6-17(22)18-16(14)13-15/h3-6,13,20-21H,1-2,7-12H2,(H,18,22). The molecule has 0 saturated heterocycles. The molecule has 0 fully saturated rings. The zero-order valence-corrected chi connectivity index (χ0v) is 13.2. The Morgan fingerprint density at radius 2 is 1.74 bits per heavy atom. The molecule has 126 valence electrons. The summed E-state index contributed by atoms with van der Waals surface area (Å²) in [5.74, 6) is 0.738. The Labute approximate surface area is 135 Å². The van der Waals surface area contributed by atoms with Gasteiger partial charge in [0.2, 0.25) is 5.56 Å². The first kappa shape index (κ1) is 17.5. The summed E-state index contributed by atoms with van der Waals surface area (Å²) in [6.45, 7) is 2.79. The van der Waals surface area contributed by atoms with E-state index in [4.69, 9.17) is 14.9 Å². The molecule has 0 amide bonds. The molecule has 23 heavy (non-hydrogen) atoms. The van der Waals surface area contributed by atoms with Crippen LogP contribution >= 0.6 is 0 Å². The van der Waals surface area contributed by atoms with Gasteiger partial charge in [-0.15, -0.1) is 0 Å². The third-order valence-electron chi connectivity index (χ3n) is 3.67. The van der Waals surface area contributed by atoms with Crippen LogP contribution in [0.15, 0.2) is 35.1 Å². The second-order valence-corrected chi connectivity index (χ2v) is 5.42. The number of hydrogen-bond acceptors (Lipinski definition) is 5. The maximum atomic E-state index is 11.3. The maximum absolute atomic E-state index is 11.3. The van der Waals surface area contributed by atoms with Crippen LogP contribution in [0.3, 0.4) is 0 Å². The van der Waals surface area contributed by atoms with Crippen LogP contribution in [-0.4, -0.2) is 59.6 Å². The predicted octanol–water partition coefficient (Wildman–Crippen LogP) is 0.974. The van der Waals surface area contributed by atoms with Crippen molar-refractivity contribution in [3.8, 4) is 5.75 Å². The average Bonchev–Trinajstić information content (AvgIpc) is 2.54. The third kappa shape index (κ3) is 5.67. The topological polar surface area (TPSA) is 85.8 Å². The van der Waals surface area contributed by atoms with Crippen LogP contribution in [0.2, 0.25) is 0 Å². The Hall–Kier alpha value is -1.89. The van der Waals surface area contributed by atoms with Crippen molar-refractivity contribution in [3.05, 3.63) is 40.7 Å². The highest BCUT2D eigenvalue weighted by atomic mass is 16.5. The number of hydrogen-bond donors (Lipinski definition) is 3. The number of pyridine rings is 1. The van der Waals surface area contributed by atoms with Crippen LogP contribution < -0.4 is 10.3 Å². The zero-order chi connectivity index (χ0) is 16.5. The lowest BCUT2D eigenvalue weighted by Gasteiger charge is -2.19. The van der Waals surface area contributed by atoms with Crippen molar-refractivity contribution < 1.29 is 14.9 Å². The predicted molar refractivity (Wildman–Crippen MR) is 89.9 cm³/mol. The molecule has 0 aliphatic carbocycles. The number of unbranched alkanes of at least 4 members (excludes halogenated alkanes) is 1. The van der Waals surface area contributed by atoms with Gasteiger partial charge in [0, 0.05) is 25.2 Å². The highest BCUT2D eigenvalue weighted by molar-refractivity contribution is 5.79. The summed E-state index contributed by atoms with van der Waals surface area (Å²) in [5, 5.41) is 18.9. The molecular weight excluding hydrogens is 296 g/mol. The Balaban J connectivity index is 1.76. The number of aromatic nitrogens is 1. The van der Waals surface area contributed by atoms with Crippen LogP contribution in [0, 0.1) is 0 Å². The maximum Gasteiger partial charge on any atom is 0.248 e. The first-order chi connectivity index (χ1) is 11.2. The number of benzene rings is 1. The van der Waals surface area contributed by atoms with Gasteiger partial charge in [0.15, 0.2) is 0 Å². The lowest BCUT2D eigenvalue weighted by molar-refractivity contribution is 0.157. The van der Waals surface area contributed by atoms with Gasteiger partial charge in [-0.3, -0.25) is 9.69 Å². The lowest BCUT2D eigenvalue weighted by atomic mass is 10.2. The molecule has 1 aromatic heterocycles. The molecule has 1 heterocycles. The molecule has 2 rings (SSSR count). The van der Waals surface area contributed by atoms with E-state index in [1.807, 2.05) is 23.1 Å². The van der Waals surface area contributed by atoms with Crippen molar-refractivity contribution in [2.24, 2.45) is 0 Å². The van der Waals surface area contributed by atoms with E-state index in [0.717, 1.165) is 36.0 Å². The Morgan fingerprint density at radius 3 is 2.48 bits per heavy atom. The highest BCUT2D eigenvalue weighted by Gasteiger charge is 2.03. The van der Waals surface area contributed by atoms with Crippen molar-refractivity contribution in [3.63, 3.8) is 0 Å². The van der Waals surface area contributed by atoms with Crippen molar-refractivity contribution >= 4 is 10.9 Å². The van der Waals surface area contributed by atoms with Crippen LogP contribution in [-0.2, 0) is 0 Å². The second-order valence-electron chi connectivity index (χ2n) is 5.42. The van der Waals surface area contributed by atoms with Gasteiger partial charge < -0.3 is 19.9 Å². The Morgan fingerprint density at radius 1 is 1.00 bits per heavy atom. The first-order valence-electron chi connectivity index (χ1n) is 7.93. The number of aliphatic hydroxyl groups excluding tert-OH is 2. The summed E-state index contributed by atoms with van der Waals surface area (Å²) in [5.41, 5.74) is 0.648. The number of nitrogens with zero attached hydrogens (tertiary/aromatic N) is 1. The smallest absolute Gasteiger partial charge is 0.248 e. The number of ether oxygens (including phenoxy) is 1. The van der Waals surface area contributed by atoms with Crippen LogP contribution in [0.25, 0.3) is 10.9 Å². The third-order valence-corrected chi connectivity index (χ3v) is 3.67. The van der Waals surface area contributed by atoms with E-state index < -0.39 is 0 Å². The second kappa shape index (κ2) is 9.29. The van der Waals surface area contributed by atoms with Crippen molar-refractivity contribution in [1.82, 2.24) is 9.88 Å². The minimum Gasteiger partial charge on any atom is -0.494 e. The summed E-state index contributed by atoms with van der Waals surface area (Å²) in [6, 6.07) is 8.94. The molecule has 0 radical (unpaired) electrons. The van der Waals surface area contributed by atoms with Crippen molar-refractivity contribution in [2.45, 2.75) is 12.8 Å². The molecule has 0 aliphatic rings. The summed E-state index contributed by atoms with van der Waals surface area (Å²) < 4.78 is 5.72. The molecule has 0 unspecified atom stereocenters. The van der Waals surface area contributed by atoms with E-state index >= 15 is 0 Å². The molecule has 6 heteroatoms. The van der Waals surface area contributed by atoms with E-state index in [1.165, 1.54) is 6.07 Å². The minimum absolute atomic E-state index is 0.103. The lowest BCUT2D eigenvalue weighted by Crippen LogP contribution is -2.31. The van der Waals surface area contributed by atoms with Gasteiger partial charge in [0.1, 0.15) is 5.75 Å². The van der Waals surface area contributed by atoms with Crippen LogP contribution in [0.4, 0.5) is 0 Å². The highest BCUT2D eigenvalue weighted by Crippen LogP contribution is 2.18. The summed E-state index contributed by atoms with van der Waals surface area (Å²) in [6.07, 6.45) is 1.82. The van der Waals surface area contributed by atoms with E-state index in [-0.39, 0.29) is 18.8 Å². The van der Waals surface area contributed by atoms with Crippen LogP contribution in [0.5, 0.6) is 5.75 Å². The van der Waals surface area contributed by atoms with Gasteiger partial charge in [-0.25, -0.2) is 0 Å². The van der Waals surface area contributed by atoms with E-state index in [9.17, 15) is 4.79 Å². The van der Waals surface area contributed by atoms with Gasteiger partial charge in [0.05, 0.1) is 25.3 Å². The fourth-order valence-electron chi connectivity index (χ4n) is 2.46. The molecule has 1 aromatic carbocycles. The van der Waals surface area contributed by atoms with Gasteiger partial charge in [-0.05, 0) is 43.0 Å². The number of aliphatic hydroxyl groups is 2.